The summed E-state index contributed by atoms with van der Waals surface area (Å²) in [6.45, 7) is -1.58. The van der Waals surface area contributed by atoms with Crippen LogP contribution in [-0.2, 0) is 11.2 Å². The molecule has 1 unspecified atom stereocenters. The van der Waals surface area contributed by atoms with Gasteiger partial charge in [0.15, 0.2) is 0 Å². The SMILES string of the molecule is OCC(COCC(F)(F)F)Cc1ccc(Br)cc1. The van der Waals surface area contributed by atoms with E-state index in [1.807, 2.05) is 24.3 Å². The Labute approximate surface area is 112 Å². The van der Waals surface area contributed by atoms with E-state index in [1.165, 1.54) is 0 Å². The lowest BCUT2D eigenvalue weighted by molar-refractivity contribution is -0.177. The molecule has 102 valence electrons. The molecular formula is C12H14BrF3O2. The Morgan fingerprint density at radius 2 is 1.83 bits per heavy atom. The smallest absolute Gasteiger partial charge is 0.396 e. The van der Waals surface area contributed by atoms with Crippen LogP contribution >= 0.6 is 15.9 Å². The van der Waals surface area contributed by atoms with Crippen LogP contribution in [0.3, 0.4) is 0 Å². The number of hydrogen-bond acceptors (Lipinski definition) is 2. The number of rotatable bonds is 6. The maximum atomic E-state index is 11.9. The monoisotopic (exact) mass is 326 g/mol. The molecule has 1 N–H and O–H groups in total. The van der Waals surface area contributed by atoms with Gasteiger partial charge >= 0.3 is 6.18 Å². The summed E-state index contributed by atoms with van der Waals surface area (Å²) in [5.74, 6) is -0.325. The third kappa shape index (κ3) is 6.37. The summed E-state index contributed by atoms with van der Waals surface area (Å²) in [6.07, 6.45) is -3.83. The Morgan fingerprint density at radius 1 is 1.22 bits per heavy atom. The molecule has 0 aromatic heterocycles. The molecule has 0 aliphatic rings. The largest absolute Gasteiger partial charge is 0.411 e. The molecule has 1 aromatic carbocycles. The zero-order chi connectivity index (χ0) is 13.6. The van der Waals surface area contributed by atoms with Crippen molar-refractivity contribution < 1.29 is 23.0 Å². The van der Waals surface area contributed by atoms with E-state index < -0.39 is 12.8 Å². The van der Waals surface area contributed by atoms with Gasteiger partial charge in [-0.2, -0.15) is 13.2 Å². The summed E-state index contributed by atoms with van der Waals surface area (Å²) in [5.41, 5.74) is 0.952. The van der Waals surface area contributed by atoms with Crippen LogP contribution in [0.15, 0.2) is 28.7 Å². The summed E-state index contributed by atoms with van der Waals surface area (Å²) in [5, 5.41) is 9.10. The van der Waals surface area contributed by atoms with E-state index in [0.29, 0.717) is 6.42 Å². The van der Waals surface area contributed by atoms with E-state index in [-0.39, 0.29) is 19.1 Å². The zero-order valence-electron chi connectivity index (χ0n) is 9.58. The van der Waals surface area contributed by atoms with Crippen LogP contribution in [0.25, 0.3) is 0 Å². The van der Waals surface area contributed by atoms with Gasteiger partial charge in [0.1, 0.15) is 6.61 Å². The van der Waals surface area contributed by atoms with Crippen molar-refractivity contribution in [3.63, 3.8) is 0 Å². The lowest BCUT2D eigenvalue weighted by atomic mass is 10.0. The summed E-state index contributed by atoms with van der Waals surface area (Å²) in [6, 6.07) is 7.41. The minimum absolute atomic E-state index is 0.105. The first-order valence-corrected chi connectivity index (χ1v) is 6.20. The van der Waals surface area contributed by atoms with Gasteiger partial charge in [-0.25, -0.2) is 0 Å². The van der Waals surface area contributed by atoms with Crippen molar-refractivity contribution in [2.45, 2.75) is 12.6 Å². The number of aliphatic hydroxyl groups is 1. The minimum atomic E-state index is -4.32. The number of benzene rings is 1. The van der Waals surface area contributed by atoms with Crippen molar-refractivity contribution in [1.29, 1.82) is 0 Å². The molecule has 0 heterocycles. The van der Waals surface area contributed by atoms with Gasteiger partial charge < -0.3 is 9.84 Å². The summed E-state index contributed by atoms with van der Waals surface area (Å²) in [7, 11) is 0. The standard InChI is InChI=1S/C12H14BrF3O2/c13-11-3-1-9(2-4-11)5-10(6-17)7-18-8-12(14,15)16/h1-4,10,17H,5-8H2. The third-order valence-corrected chi connectivity index (χ3v) is 2.84. The zero-order valence-corrected chi connectivity index (χ0v) is 11.2. The Bertz CT molecular complexity index is 351. The summed E-state index contributed by atoms with van der Waals surface area (Å²) >= 11 is 3.29. The van der Waals surface area contributed by atoms with E-state index in [4.69, 9.17) is 5.11 Å². The molecule has 0 bridgehead atoms. The quantitative estimate of drug-likeness (QED) is 0.870. The average molecular weight is 327 g/mol. The number of aliphatic hydroxyl groups excluding tert-OH is 1. The van der Waals surface area contributed by atoms with Gasteiger partial charge in [0.25, 0.3) is 0 Å². The molecule has 0 fully saturated rings. The van der Waals surface area contributed by atoms with Crippen molar-refractivity contribution in [2.75, 3.05) is 19.8 Å². The highest BCUT2D eigenvalue weighted by atomic mass is 79.9. The number of alkyl halides is 3. The maximum Gasteiger partial charge on any atom is 0.411 e. The van der Waals surface area contributed by atoms with Crippen LogP contribution in [0, 0.1) is 5.92 Å². The number of hydrogen-bond donors (Lipinski definition) is 1. The minimum Gasteiger partial charge on any atom is -0.396 e. The van der Waals surface area contributed by atoms with Gasteiger partial charge in [-0.05, 0) is 24.1 Å². The first-order chi connectivity index (χ1) is 8.40. The van der Waals surface area contributed by atoms with E-state index in [1.54, 1.807) is 0 Å². The van der Waals surface area contributed by atoms with Gasteiger partial charge in [0.2, 0.25) is 0 Å². The van der Waals surface area contributed by atoms with E-state index in [0.717, 1.165) is 10.0 Å². The van der Waals surface area contributed by atoms with Gasteiger partial charge in [0, 0.05) is 17.0 Å². The molecule has 0 amide bonds. The molecule has 2 nitrogen and oxygen atoms in total. The molecule has 0 radical (unpaired) electrons. The first kappa shape index (κ1) is 15.5. The van der Waals surface area contributed by atoms with Crippen LogP contribution in [0.2, 0.25) is 0 Å². The van der Waals surface area contributed by atoms with Crippen molar-refractivity contribution in [1.82, 2.24) is 0 Å². The van der Waals surface area contributed by atoms with Crippen molar-refractivity contribution in [3.8, 4) is 0 Å². The highest BCUT2D eigenvalue weighted by Gasteiger charge is 2.27. The predicted octanol–water partition coefficient (Wildman–Crippen LogP) is 3.18. The first-order valence-electron chi connectivity index (χ1n) is 5.40. The van der Waals surface area contributed by atoms with E-state index in [2.05, 4.69) is 20.7 Å². The highest BCUT2D eigenvalue weighted by Crippen LogP contribution is 2.17. The third-order valence-electron chi connectivity index (χ3n) is 2.32. The molecule has 1 rings (SSSR count). The Kier molecular flexibility index (Phi) is 6.11. The van der Waals surface area contributed by atoms with E-state index in [9.17, 15) is 13.2 Å². The topological polar surface area (TPSA) is 29.5 Å². The second kappa shape index (κ2) is 7.11. The van der Waals surface area contributed by atoms with Gasteiger partial charge in [-0.1, -0.05) is 28.1 Å². The Hall–Kier alpha value is -0.590. The molecule has 6 heteroatoms. The maximum absolute atomic E-state index is 11.9. The fourth-order valence-electron chi connectivity index (χ4n) is 1.47. The summed E-state index contributed by atoms with van der Waals surface area (Å²) in [4.78, 5) is 0. The van der Waals surface area contributed by atoms with Gasteiger partial charge in [0.05, 0.1) is 6.61 Å². The lowest BCUT2D eigenvalue weighted by Gasteiger charge is -2.15. The van der Waals surface area contributed by atoms with Crippen molar-refractivity contribution >= 4 is 15.9 Å². The molecule has 1 aromatic rings. The number of halogens is 4. The molecule has 0 aliphatic heterocycles. The fourth-order valence-corrected chi connectivity index (χ4v) is 1.74. The Morgan fingerprint density at radius 3 is 2.33 bits per heavy atom. The molecule has 1 atom stereocenters. The number of ether oxygens (including phenoxy) is 1. The van der Waals surface area contributed by atoms with Crippen LogP contribution < -0.4 is 0 Å². The molecule has 18 heavy (non-hydrogen) atoms. The molecule has 0 aliphatic carbocycles. The molecular weight excluding hydrogens is 313 g/mol. The second-order valence-electron chi connectivity index (χ2n) is 4.01. The van der Waals surface area contributed by atoms with Crippen LogP contribution in [0.1, 0.15) is 5.56 Å². The van der Waals surface area contributed by atoms with Crippen molar-refractivity contribution in [3.05, 3.63) is 34.3 Å². The highest BCUT2D eigenvalue weighted by molar-refractivity contribution is 9.10. The van der Waals surface area contributed by atoms with Gasteiger partial charge in [-0.3, -0.25) is 0 Å². The summed E-state index contributed by atoms with van der Waals surface area (Å²) < 4.78 is 41.1. The predicted molar refractivity (Wildman–Crippen MR) is 65.3 cm³/mol. The molecule has 0 spiro atoms. The van der Waals surface area contributed by atoms with E-state index >= 15 is 0 Å². The van der Waals surface area contributed by atoms with Crippen molar-refractivity contribution in [2.24, 2.45) is 5.92 Å². The molecule has 0 saturated carbocycles. The van der Waals surface area contributed by atoms with Crippen LogP contribution in [0.5, 0.6) is 0 Å². The second-order valence-corrected chi connectivity index (χ2v) is 4.93. The van der Waals surface area contributed by atoms with Crippen LogP contribution in [-0.4, -0.2) is 31.1 Å². The Balaban J connectivity index is 2.40. The van der Waals surface area contributed by atoms with Crippen LogP contribution in [0.4, 0.5) is 13.2 Å². The normalized spacial score (nSPS) is 13.6. The average Bonchev–Trinajstić information content (AvgIpc) is 2.29. The lowest BCUT2D eigenvalue weighted by Crippen LogP contribution is -2.23. The fraction of sp³-hybridized carbons (Fsp3) is 0.500. The molecule has 0 saturated heterocycles. The van der Waals surface area contributed by atoms with Gasteiger partial charge in [-0.15, -0.1) is 0 Å².